The highest BCUT2D eigenvalue weighted by molar-refractivity contribution is 5.96. The highest BCUT2D eigenvalue weighted by atomic mass is 16.4. The zero-order chi connectivity index (χ0) is 22.5. The number of aromatic nitrogens is 2. The zero-order valence-corrected chi connectivity index (χ0v) is 17.7. The minimum atomic E-state index is -0.976. The van der Waals surface area contributed by atoms with E-state index in [0.29, 0.717) is 30.0 Å². The molecule has 0 radical (unpaired) electrons. The highest BCUT2D eigenvalue weighted by Gasteiger charge is 2.24. The van der Waals surface area contributed by atoms with Gasteiger partial charge in [-0.25, -0.2) is 9.78 Å². The standard InChI is InChI=1S/C24H27N3O4/c1-3-4-9-20-26-21(15(2)28)22(23(25)29)27(20)14-16-10-12-17(13-11-16)18-7-5-6-8-19(18)24(30)31/h5-8,10-13,15,28H,3-4,9,14H2,1-2H3,(H2,25,29)(H,30,31). The molecule has 0 saturated carbocycles. The van der Waals surface area contributed by atoms with E-state index in [1.807, 2.05) is 24.3 Å². The number of carbonyl (C=O) groups is 2. The van der Waals surface area contributed by atoms with Crippen molar-refractivity contribution in [3.8, 4) is 11.1 Å². The van der Waals surface area contributed by atoms with Gasteiger partial charge in [-0.05, 0) is 36.1 Å². The molecule has 2 aromatic carbocycles. The number of aryl methyl sites for hydroxylation is 1. The van der Waals surface area contributed by atoms with E-state index in [4.69, 9.17) is 5.73 Å². The number of unbranched alkanes of at least 4 members (excludes halogenated alkanes) is 1. The number of amides is 1. The Kier molecular flexibility index (Phi) is 6.87. The summed E-state index contributed by atoms with van der Waals surface area (Å²) in [4.78, 5) is 28.2. The van der Waals surface area contributed by atoms with Crippen LogP contribution in [0.15, 0.2) is 48.5 Å². The van der Waals surface area contributed by atoms with Crippen molar-refractivity contribution in [2.45, 2.75) is 45.8 Å². The number of hydrogen-bond donors (Lipinski definition) is 3. The molecule has 3 rings (SSSR count). The van der Waals surface area contributed by atoms with Gasteiger partial charge < -0.3 is 20.5 Å². The average molecular weight is 421 g/mol. The van der Waals surface area contributed by atoms with Crippen molar-refractivity contribution in [3.63, 3.8) is 0 Å². The lowest BCUT2D eigenvalue weighted by Gasteiger charge is -2.12. The number of carboxylic acids is 1. The number of aliphatic hydroxyl groups is 1. The van der Waals surface area contributed by atoms with Crippen LogP contribution in [0.1, 0.15) is 70.7 Å². The number of nitrogens with two attached hydrogens (primary N) is 1. The van der Waals surface area contributed by atoms with Gasteiger partial charge in [-0.2, -0.15) is 0 Å². The number of nitrogens with zero attached hydrogens (tertiary/aromatic N) is 2. The summed E-state index contributed by atoms with van der Waals surface area (Å²) < 4.78 is 1.78. The van der Waals surface area contributed by atoms with Crippen LogP contribution >= 0.6 is 0 Å². The molecular formula is C24H27N3O4. The number of imidazole rings is 1. The molecule has 7 nitrogen and oxygen atoms in total. The van der Waals surface area contributed by atoms with Crippen LogP contribution in [0.4, 0.5) is 0 Å². The molecule has 7 heteroatoms. The molecule has 1 aromatic heterocycles. The van der Waals surface area contributed by atoms with Crippen molar-refractivity contribution >= 4 is 11.9 Å². The third-order valence-electron chi connectivity index (χ3n) is 5.22. The Morgan fingerprint density at radius 2 is 1.81 bits per heavy atom. The molecule has 1 unspecified atom stereocenters. The van der Waals surface area contributed by atoms with Gasteiger partial charge in [0.2, 0.25) is 0 Å². The van der Waals surface area contributed by atoms with Crippen molar-refractivity contribution in [3.05, 3.63) is 76.9 Å². The Balaban J connectivity index is 1.97. The van der Waals surface area contributed by atoms with Gasteiger partial charge in [0.15, 0.2) is 0 Å². The smallest absolute Gasteiger partial charge is 0.336 e. The molecule has 0 aliphatic heterocycles. The molecule has 1 atom stereocenters. The van der Waals surface area contributed by atoms with Gasteiger partial charge in [0, 0.05) is 13.0 Å². The molecule has 3 aromatic rings. The van der Waals surface area contributed by atoms with Crippen molar-refractivity contribution in [2.75, 3.05) is 0 Å². The Bertz CT molecular complexity index is 1080. The number of benzene rings is 2. The van der Waals surface area contributed by atoms with Crippen molar-refractivity contribution in [2.24, 2.45) is 5.73 Å². The van der Waals surface area contributed by atoms with Gasteiger partial charge in [0.1, 0.15) is 17.2 Å². The van der Waals surface area contributed by atoms with Crippen LogP contribution in [0.25, 0.3) is 11.1 Å². The molecule has 0 spiro atoms. The SMILES string of the molecule is CCCCc1nc(C(C)O)c(C(N)=O)n1Cc1ccc(-c2ccccc2C(=O)O)cc1. The maximum absolute atomic E-state index is 12.2. The van der Waals surface area contributed by atoms with Gasteiger partial charge in [-0.1, -0.05) is 55.8 Å². The quantitative estimate of drug-likeness (QED) is 0.486. The van der Waals surface area contributed by atoms with Crippen molar-refractivity contribution < 1.29 is 19.8 Å². The number of aliphatic hydroxyl groups excluding tert-OH is 1. The van der Waals surface area contributed by atoms with Crippen molar-refractivity contribution in [1.82, 2.24) is 9.55 Å². The molecule has 0 fully saturated rings. The first-order valence-electron chi connectivity index (χ1n) is 10.3. The summed E-state index contributed by atoms with van der Waals surface area (Å²) in [5.74, 6) is -0.889. The minimum absolute atomic E-state index is 0.224. The summed E-state index contributed by atoms with van der Waals surface area (Å²) in [6, 6.07) is 14.4. The Morgan fingerprint density at radius 1 is 1.13 bits per heavy atom. The fourth-order valence-electron chi connectivity index (χ4n) is 3.66. The summed E-state index contributed by atoms with van der Waals surface area (Å²) in [6.45, 7) is 4.01. The summed E-state index contributed by atoms with van der Waals surface area (Å²) in [7, 11) is 0. The van der Waals surface area contributed by atoms with E-state index in [9.17, 15) is 19.8 Å². The van der Waals surface area contributed by atoms with Gasteiger partial charge in [-0.3, -0.25) is 4.79 Å². The molecule has 31 heavy (non-hydrogen) atoms. The summed E-state index contributed by atoms with van der Waals surface area (Å²) in [6.07, 6.45) is 1.65. The van der Waals surface area contributed by atoms with Gasteiger partial charge in [0.05, 0.1) is 11.7 Å². The topological polar surface area (TPSA) is 118 Å². The average Bonchev–Trinajstić information content (AvgIpc) is 3.11. The number of carboxylic acid groups (broad SMARTS) is 1. The molecule has 1 amide bonds. The van der Waals surface area contributed by atoms with E-state index in [1.165, 1.54) is 0 Å². The summed E-state index contributed by atoms with van der Waals surface area (Å²) >= 11 is 0. The van der Waals surface area contributed by atoms with E-state index in [1.54, 1.807) is 35.8 Å². The molecule has 1 heterocycles. The fourth-order valence-corrected chi connectivity index (χ4v) is 3.66. The number of aromatic carboxylic acids is 1. The molecule has 0 aliphatic rings. The molecule has 162 valence electrons. The van der Waals surface area contributed by atoms with Crippen LogP contribution in [0.2, 0.25) is 0 Å². The van der Waals surface area contributed by atoms with Gasteiger partial charge in [-0.15, -0.1) is 0 Å². The monoisotopic (exact) mass is 421 g/mol. The van der Waals surface area contributed by atoms with Crippen LogP contribution in [0.5, 0.6) is 0 Å². The second-order valence-electron chi connectivity index (χ2n) is 7.54. The van der Waals surface area contributed by atoms with Crippen molar-refractivity contribution in [1.29, 1.82) is 0 Å². The third-order valence-corrected chi connectivity index (χ3v) is 5.22. The second kappa shape index (κ2) is 9.57. The van der Waals surface area contributed by atoms with Gasteiger partial charge >= 0.3 is 5.97 Å². The molecule has 0 bridgehead atoms. The number of primary amides is 1. The highest BCUT2D eigenvalue weighted by Crippen LogP contribution is 2.26. The lowest BCUT2D eigenvalue weighted by atomic mass is 9.98. The van der Waals surface area contributed by atoms with E-state index in [2.05, 4.69) is 11.9 Å². The predicted molar refractivity (Wildman–Crippen MR) is 118 cm³/mol. The van der Waals surface area contributed by atoms with E-state index in [-0.39, 0.29) is 11.3 Å². The zero-order valence-electron chi connectivity index (χ0n) is 17.7. The molecule has 4 N–H and O–H groups in total. The Hall–Kier alpha value is -3.45. The molecule has 0 saturated heterocycles. The number of hydrogen-bond acceptors (Lipinski definition) is 4. The minimum Gasteiger partial charge on any atom is -0.478 e. The fraction of sp³-hybridized carbons (Fsp3) is 0.292. The van der Waals surface area contributed by atoms with Crippen LogP contribution in [-0.2, 0) is 13.0 Å². The normalized spacial score (nSPS) is 12.0. The summed E-state index contributed by atoms with van der Waals surface area (Å²) in [5.41, 5.74) is 8.73. The molecular weight excluding hydrogens is 394 g/mol. The second-order valence-corrected chi connectivity index (χ2v) is 7.54. The van der Waals surface area contributed by atoms with Crippen LogP contribution in [-0.4, -0.2) is 31.6 Å². The lowest BCUT2D eigenvalue weighted by molar-refractivity contribution is 0.0697. The van der Waals surface area contributed by atoms with E-state index in [0.717, 1.165) is 24.0 Å². The largest absolute Gasteiger partial charge is 0.478 e. The molecule has 0 aliphatic carbocycles. The van der Waals surface area contributed by atoms with Gasteiger partial charge in [0.25, 0.3) is 5.91 Å². The first kappa shape index (κ1) is 22.2. The Labute approximate surface area is 181 Å². The summed E-state index contributed by atoms with van der Waals surface area (Å²) in [5, 5.41) is 19.5. The maximum atomic E-state index is 12.2. The number of carbonyl (C=O) groups excluding carboxylic acids is 1. The predicted octanol–water partition coefficient (Wildman–Crippen LogP) is 3.79. The Morgan fingerprint density at radius 3 is 2.39 bits per heavy atom. The van der Waals surface area contributed by atoms with Crippen LogP contribution in [0.3, 0.4) is 0 Å². The first-order valence-corrected chi connectivity index (χ1v) is 10.3. The first-order chi connectivity index (χ1) is 14.8. The maximum Gasteiger partial charge on any atom is 0.336 e. The van der Waals surface area contributed by atoms with Crippen LogP contribution in [0, 0.1) is 0 Å². The number of rotatable bonds is 9. The van der Waals surface area contributed by atoms with E-state index < -0.39 is 18.0 Å². The third kappa shape index (κ3) is 4.83. The lowest BCUT2D eigenvalue weighted by Crippen LogP contribution is -2.21. The van der Waals surface area contributed by atoms with E-state index >= 15 is 0 Å². The van der Waals surface area contributed by atoms with Crippen LogP contribution < -0.4 is 5.73 Å².